The first-order valence-electron chi connectivity index (χ1n) is 8.20. The number of hydrogen-bond acceptors (Lipinski definition) is 4. The molecule has 1 fully saturated rings. The minimum Gasteiger partial charge on any atom is -0.272 e. The molecule has 0 aliphatic carbocycles. The Hall–Kier alpha value is -2.34. The van der Waals surface area contributed by atoms with Gasteiger partial charge in [-0.15, -0.1) is 11.8 Å². The molecule has 0 saturated carbocycles. The van der Waals surface area contributed by atoms with Crippen LogP contribution in [-0.4, -0.2) is 27.0 Å². The molecule has 6 heteroatoms. The highest BCUT2D eigenvalue weighted by atomic mass is 32.2. The Morgan fingerprint density at radius 2 is 1.88 bits per heavy atom. The van der Waals surface area contributed by atoms with E-state index in [0.29, 0.717) is 12.1 Å². The third-order valence-corrected chi connectivity index (χ3v) is 5.85. The van der Waals surface area contributed by atoms with Crippen molar-refractivity contribution in [2.75, 3.05) is 0 Å². The molecule has 2 aromatic carbocycles. The number of hydrazine groups is 1. The van der Waals surface area contributed by atoms with Crippen molar-refractivity contribution in [2.24, 2.45) is 4.99 Å². The molecule has 2 aliphatic rings. The molecule has 0 aromatic heterocycles. The number of nitrogens with zero attached hydrogens (tertiary/aromatic N) is 3. The third-order valence-electron chi connectivity index (χ3n) is 4.53. The van der Waals surface area contributed by atoms with E-state index in [1.165, 1.54) is 17.8 Å². The molecule has 2 aromatic rings. The Kier molecular flexibility index (Phi) is 4.00. The van der Waals surface area contributed by atoms with Gasteiger partial charge in [-0.25, -0.2) is 14.4 Å². The van der Waals surface area contributed by atoms with Crippen LogP contribution >= 0.6 is 11.8 Å². The van der Waals surface area contributed by atoms with Crippen LogP contribution in [0.4, 0.5) is 10.1 Å². The van der Waals surface area contributed by atoms with E-state index >= 15 is 0 Å². The Morgan fingerprint density at radius 1 is 1.16 bits per heavy atom. The summed E-state index contributed by atoms with van der Waals surface area (Å²) in [7, 11) is 0. The van der Waals surface area contributed by atoms with Crippen LogP contribution in [0, 0.1) is 5.82 Å². The van der Waals surface area contributed by atoms with Crippen LogP contribution in [0.15, 0.2) is 53.5 Å². The van der Waals surface area contributed by atoms with E-state index in [-0.39, 0.29) is 22.3 Å². The van der Waals surface area contributed by atoms with E-state index in [0.717, 1.165) is 17.1 Å². The summed E-state index contributed by atoms with van der Waals surface area (Å²) >= 11 is 1.47. The average Bonchev–Trinajstić information content (AvgIpc) is 2.90. The molecular weight excluding hydrogens is 337 g/mol. The van der Waals surface area contributed by atoms with Gasteiger partial charge in [0.1, 0.15) is 17.0 Å². The van der Waals surface area contributed by atoms with Crippen molar-refractivity contribution < 1.29 is 9.18 Å². The molecule has 2 unspecified atom stereocenters. The van der Waals surface area contributed by atoms with Crippen LogP contribution < -0.4 is 0 Å². The highest BCUT2D eigenvalue weighted by Crippen LogP contribution is 2.45. The molecule has 1 amide bonds. The van der Waals surface area contributed by atoms with Crippen molar-refractivity contribution in [3.05, 3.63) is 65.5 Å². The molecule has 4 nitrogen and oxygen atoms in total. The van der Waals surface area contributed by atoms with Crippen LogP contribution in [-0.2, 0) is 11.3 Å². The number of thioether (sulfide) groups is 1. The minimum absolute atomic E-state index is 0.0211. The van der Waals surface area contributed by atoms with E-state index in [4.69, 9.17) is 0 Å². The molecular formula is C19H18FN3OS. The number of fused-ring (bicyclic) bond motifs is 1. The predicted molar refractivity (Wildman–Crippen MR) is 97.8 cm³/mol. The Morgan fingerprint density at radius 3 is 2.68 bits per heavy atom. The topological polar surface area (TPSA) is 35.9 Å². The van der Waals surface area contributed by atoms with Gasteiger partial charge in [0.15, 0.2) is 0 Å². The number of carbonyl (C=O) groups excluding carboxylic acids is 1. The highest BCUT2D eigenvalue weighted by molar-refractivity contribution is 8.01. The van der Waals surface area contributed by atoms with Crippen LogP contribution in [0.5, 0.6) is 0 Å². The van der Waals surface area contributed by atoms with E-state index in [1.54, 1.807) is 23.2 Å². The fraction of sp³-hybridized carbons (Fsp3) is 0.263. The van der Waals surface area contributed by atoms with Gasteiger partial charge in [0.2, 0.25) is 0 Å². The largest absolute Gasteiger partial charge is 0.272 e. The molecule has 2 atom stereocenters. The molecule has 2 aliphatic heterocycles. The van der Waals surface area contributed by atoms with Gasteiger partial charge in [0.25, 0.3) is 5.91 Å². The van der Waals surface area contributed by atoms with E-state index < -0.39 is 0 Å². The SMILES string of the molecule is CC1=Nc2ccccc2CN1N1C(=O)C(C)SC1c1ccccc1F. The number of rotatable bonds is 2. The second-order valence-electron chi connectivity index (χ2n) is 6.18. The fourth-order valence-electron chi connectivity index (χ4n) is 3.23. The Balaban J connectivity index is 1.75. The lowest BCUT2D eigenvalue weighted by molar-refractivity contribution is -0.142. The summed E-state index contributed by atoms with van der Waals surface area (Å²) in [4.78, 5) is 17.5. The van der Waals surface area contributed by atoms with Crippen molar-refractivity contribution in [1.82, 2.24) is 10.0 Å². The van der Waals surface area contributed by atoms with Crippen LogP contribution in [0.2, 0.25) is 0 Å². The highest BCUT2D eigenvalue weighted by Gasteiger charge is 2.44. The van der Waals surface area contributed by atoms with Crippen molar-refractivity contribution in [3.8, 4) is 0 Å². The van der Waals surface area contributed by atoms with E-state index in [2.05, 4.69) is 4.99 Å². The summed E-state index contributed by atoms with van der Waals surface area (Å²) in [5, 5.41) is 2.93. The summed E-state index contributed by atoms with van der Waals surface area (Å²) in [5.41, 5.74) is 2.50. The molecule has 4 rings (SSSR count). The summed E-state index contributed by atoms with van der Waals surface area (Å²) in [5.74, 6) is 0.425. The zero-order valence-electron chi connectivity index (χ0n) is 14.0. The first-order valence-corrected chi connectivity index (χ1v) is 9.14. The number of hydrogen-bond donors (Lipinski definition) is 0. The number of halogens is 1. The van der Waals surface area contributed by atoms with Crippen molar-refractivity contribution in [3.63, 3.8) is 0 Å². The molecule has 0 spiro atoms. The summed E-state index contributed by atoms with van der Waals surface area (Å²) in [6.07, 6.45) is 0. The van der Waals surface area contributed by atoms with Crippen LogP contribution in [0.25, 0.3) is 0 Å². The lowest BCUT2D eigenvalue weighted by atomic mass is 10.1. The second-order valence-corrected chi connectivity index (χ2v) is 7.61. The van der Waals surface area contributed by atoms with Crippen molar-refractivity contribution >= 4 is 29.2 Å². The maximum atomic E-state index is 14.4. The number of amides is 1. The maximum Gasteiger partial charge on any atom is 0.255 e. The molecule has 0 N–H and O–H groups in total. The van der Waals surface area contributed by atoms with E-state index in [9.17, 15) is 9.18 Å². The number of benzene rings is 2. The second kappa shape index (κ2) is 6.19. The molecule has 128 valence electrons. The smallest absolute Gasteiger partial charge is 0.255 e. The number of amidine groups is 1. The third kappa shape index (κ3) is 2.70. The van der Waals surface area contributed by atoms with Gasteiger partial charge in [0, 0.05) is 5.56 Å². The molecule has 0 radical (unpaired) electrons. The van der Waals surface area contributed by atoms with Crippen LogP contribution in [0.3, 0.4) is 0 Å². The number of aliphatic imine (C=N–C) groups is 1. The molecule has 0 bridgehead atoms. The zero-order valence-corrected chi connectivity index (χ0v) is 14.8. The fourth-order valence-corrected chi connectivity index (χ4v) is 4.51. The summed E-state index contributed by atoms with van der Waals surface area (Å²) < 4.78 is 14.4. The van der Waals surface area contributed by atoms with Crippen molar-refractivity contribution in [2.45, 2.75) is 31.0 Å². The average molecular weight is 355 g/mol. The summed E-state index contributed by atoms with van der Waals surface area (Å²) in [6.45, 7) is 4.30. The number of carbonyl (C=O) groups is 1. The molecule has 25 heavy (non-hydrogen) atoms. The minimum atomic E-state index is -0.390. The zero-order chi connectivity index (χ0) is 17.6. The van der Waals surface area contributed by atoms with Gasteiger partial charge in [0.05, 0.1) is 17.5 Å². The number of para-hydroxylation sites is 1. The van der Waals surface area contributed by atoms with Crippen LogP contribution in [0.1, 0.15) is 30.3 Å². The monoisotopic (exact) mass is 355 g/mol. The summed E-state index contributed by atoms with van der Waals surface area (Å²) in [6, 6.07) is 14.5. The predicted octanol–water partition coefficient (Wildman–Crippen LogP) is 4.27. The molecule has 1 saturated heterocycles. The van der Waals surface area contributed by atoms with Gasteiger partial charge in [-0.3, -0.25) is 9.80 Å². The normalized spacial score (nSPS) is 22.8. The van der Waals surface area contributed by atoms with Gasteiger partial charge in [-0.05, 0) is 31.5 Å². The van der Waals surface area contributed by atoms with Gasteiger partial charge >= 0.3 is 0 Å². The maximum absolute atomic E-state index is 14.4. The Bertz CT molecular complexity index is 869. The lowest BCUT2D eigenvalue weighted by Crippen LogP contribution is -2.48. The van der Waals surface area contributed by atoms with Gasteiger partial charge in [-0.2, -0.15) is 0 Å². The van der Waals surface area contributed by atoms with Gasteiger partial charge in [-0.1, -0.05) is 36.4 Å². The first kappa shape index (κ1) is 16.1. The quantitative estimate of drug-likeness (QED) is 0.807. The molecule has 2 heterocycles. The first-order chi connectivity index (χ1) is 12.1. The van der Waals surface area contributed by atoms with Crippen molar-refractivity contribution in [1.29, 1.82) is 0 Å². The van der Waals surface area contributed by atoms with Gasteiger partial charge < -0.3 is 0 Å². The Labute approximate surface area is 150 Å². The van der Waals surface area contributed by atoms with E-state index in [1.807, 2.05) is 43.1 Å². The standard InChI is InChI=1S/C19H18FN3OS/c1-12-18(24)23(19(25-12)15-8-4-5-9-16(15)20)22-11-14-7-3-6-10-17(14)21-13(22)2/h3-10,12,19H,11H2,1-2H3. The lowest BCUT2D eigenvalue weighted by Gasteiger charge is -2.39.